The van der Waals surface area contributed by atoms with E-state index in [-0.39, 0.29) is 13.0 Å². The molecule has 20 heavy (non-hydrogen) atoms. The van der Waals surface area contributed by atoms with Crippen molar-refractivity contribution >= 4 is 32.6 Å². The number of benzene rings is 1. The molecule has 0 fully saturated rings. The van der Waals surface area contributed by atoms with Crippen molar-refractivity contribution in [2.75, 3.05) is 18.5 Å². The van der Waals surface area contributed by atoms with Crippen molar-refractivity contribution < 1.29 is 22.7 Å². The lowest BCUT2D eigenvalue weighted by Gasteiger charge is -2.06. The zero-order valence-corrected chi connectivity index (χ0v) is 11.1. The number of anilines is 1. The Kier molecular flexibility index (Phi) is 4.56. The van der Waals surface area contributed by atoms with E-state index in [1.54, 1.807) is 0 Å². The number of amides is 1. The number of halogens is 3. The highest BCUT2D eigenvalue weighted by Gasteiger charge is 2.27. The molecule has 1 heterocycles. The molecule has 4 nitrogen and oxygen atoms in total. The summed E-state index contributed by atoms with van der Waals surface area (Å²) in [6.07, 6.45) is -4.52. The summed E-state index contributed by atoms with van der Waals surface area (Å²) in [5, 5.41) is 2.96. The molecule has 0 atom stereocenters. The Hall–Kier alpha value is -1.67. The number of carbonyl (C=O) groups is 1. The fourth-order valence-electron chi connectivity index (χ4n) is 1.46. The van der Waals surface area contributed by atoms with Gasteiger partial charge in [0.2, 0.25) is 5.91 Å². The van der Waals surface area contributed by atoms with E-state index in [4.69, 9.17) is 0 Å². The number of para-hydroxylation sites is 1. The molecule has 1 aromatic carbocycles. The van der Waals surface area contributed by atoms with Gasteiger partial charge in [-0.05, 0) is 12.1 Å². The third-order valence-electron chi connectivity index (χ3n) is 2.28. The Balaban J connectivity index is 1.79. The van der Waals surface area contributed by atoms with Crippen molar-refractivity contribution in [3.8, 4) is 0 Å². The molecule has 0 unspecified atom stereocenters. The van der Waals surface area contributed by atoms with Gasteiger partial charge in [0.25, 0.3) is 0 Å². The van der Waals surface area contributed by atoms with E-state index in [0.29, 0.717) is 5.13 Å². The minimum Gasteiger partial charge on any atom is -0.372 e. The monoisotopic (exact) mass is 304 g/mol. The standard InChI is InChI=1S/C12H11F3N2O2S/c13-12(14,15)7-19-6-5-10(18)17-11-16-8-3-1-2-4-9(8)20-11/h1-4H,5-7H2,(H,16,17,18). The predicted molar refractivity (Wildman–Crippen MR) is 69.7 cm³/mol. The highest BCUT2D eigenvalue weighted by molar-refractivity contribution is 7.22. The van der Waals surface area contributed by atoms with E-state index in [2.05, 4.69) is 15.0 Å². The van der Waals surface area contributed by atoms with Crippen LogP contribution in [-0.4, -0.2) is 30.3 Å². The highest BCUT2D eigenvalue weighted by atomic mass is 32.1. The van der Waals surface area contributed by atoms with Gasteiger partial charge >= 0.3 is 6.18 Å². The van der Waals surface area contributed by atoms with Crippen molar-refractivity contribution in [3.05, 3.63) is 24.3 Å². The number of alkyl halides is 3. The third-order valence-corrected chi connectivity index (χ3v) is 3.23. The van der Waals surface area contributed by atoms with Gasteiger partial charge in [-0.25, -0.2) is 4.98 Å². The largest absolute Gasteiger partial charge is 0.411 e. The van der Waals surface area contributed by atoms with Crippen LogP contribution in [0.15, 0.2) is 24.3 Å². The molecule has 2 rings (SSSR count). The maximum Gasteiger partial charge on any atom is 0.411 e. The summed E-state index contributed by atoms with van der Waals surface area (Å²) >= 11 is 1.31. The summed E-state index contributed by atoms with van der Waals surface area (Å²) in [4.78, 5) is 15.7. The number of rotatable bonds is 5. The number of hydrogen-bond donors (Lipinski definition) is 1. The summed E-state index contributed by atoms with van der Waals surface area (Å²) in [6, 6.07) is 7.37. The molecule has 0 saturated carbocycles. The van der Waals surface area contributed by atoms with Crippen molar-refractivity contribution in [3.63, 3.8) is 0 Å². The smallest absolute Gasteiger partial charge is 0.372 e. The Morgan fingerprint density at radius 2 is 2.10 bits per heavy atom. The molecule has 1 N–H and O–H groups in total. The average Bonchev–Trinajstić information content (AvgIpc) is 2.75. The molecule has 1 amide bonds. The summed E-state index contributed by atoms with van der Waals surface area (Å²) in [5.74, 6) is -0.425. The first-order valence-electron chi connectivity index (χ1n) is 5.74. The number of nitrogens with zero attached hydrogens (tertiary/aromatic N) is 1. The maximum absolute atomic E-state index is 11.8. The number of aromatic nitrogens is 1. The van der Waals surface area contributed by atoms with Crippen LogP contribution >= 0.6 is 11.3 Å². The molecular weight excluding hydrogens is 293 g/mol. The molecule has 0 aliphatic rings. The van der Waals surface area contributed by atoms with E-state index in [1.165, 1.54) is 11.3 Å². The van der Waals surface area contributed by atoms with Crippen molar-refractivity contribution in [2.24, 2.45) is 0 Å². The van der Waals surface area contributed by atoms with Crippen LogP contribution in [0.25, 0.3) is 10.2 Å². The lowest BCUT2D eigenvalue weighted by atomic mass is 10.3. The molecule has 0 spiro atoms. The topological polar surface area (TPSA) is 51.2 Å². The van der Waals surface area contributed by atoms with Gasteiger partial charge in [-0.3, -0.25) is 4.79 Å². The zero-order valence-electron chi connectivity index (χ0n) is 10.2. The van der Waals surface area contributed by atoms with E-state index in [0.717, 1.165) is 10.2 Å². The Morgan fingerprint density at radius 3 is 2.80 bits per heavy atom. The number of hydrogen-bond acceptors (Lipinski definition) is 4. The van der Waals surface area contributed by atoms with E-state index < -0.39 is 18.7 Å². The molecule has 8 heteroatoms. The zero-order chi connectivity index (χ0) is 14.6. The second-order valence-corrected chi connectivity index (χ2v) is 4.98. The van der Waals surface area contributed by atoms with Crippen LogP contribution in [-0.2, 0) is 9.53 Å². The van der Waals surface area contributed by atoms with Gasteiger partial charge in [0, 0.05) is 0 Å². The predicted octanol–water partition coefficient (Wildman–Crippen LogP) is 3.20. The number of thiazole rings is 1. The fourth-order valence-corrected chi connectivity index (χ4v) is 2.34. The van der Waals surface area contributed by atoms with E-state index >= 15 is 0 Å². The molecule has 0 bridgehead atoms. The van der Waals surface area contributed by atoms with E-state index in [9.17, 15) is 18.0 Å². The van der Waals surface area contributed by atoms with Gasteiger partial charge in [-0.15, -0.1) is 0 Å². The Labute approximate surface area is 116 Å². The normalized spacial score (nSPS) is 11.8. The molecule has 1 aromatic heterocycles. The first kappa shape index (κ1) is 14.7. The van der Waals surface area contributed by atoms with Crippen molar-refractivity contribution in [1.29, 1.82) is 0 Å². The van der Waals surface area contributed by atoms with Crippen LogP contribution < -0.4 is 5.32 Å². The number of nitrogens with one attached hydrogen (secondary N) is 1. The summed E-state index contributed by atoms with van der Waals surface area (Å²) in [6.45, 7) is -1.63. The average molecular weight is 304 g/mol. The summed E-state index contributed by atoms with van der Waals surface area (Å²) < 4.78 is 40.7. The van der Waals surface area contributed by atoms with Crippen LogP contribution in [0.2, 0.25) is 0 Å². The summed E-state index contributed by atoms with van der Waals surface area (Å²) in [5.41, 5.74) is 0.765. The quantitative estimate of drug-likeness (QED) is 0.863. The van der Waals surface area contributed by atoms with E-state index in [1.807, 2.05) is 24.3 Å². The van der Waals surface area contributed by atoms with Crippen LogP contribution in [0.5, 0.6) is 0 Å². The molecule has 2 aromatic rings. The Bertz CT molecular complexity index is 565. The Morgan fingerprint density at radius 1 is 1.35 bits per heavy atom. The molecule has 0 aliphatic heterocycles. The molecule has 0 saturated heterocycles. The van der Waals surface area contributed by atoms with Gasteiger partial charge < -0.3 is 10.1 Å². The van der Waals surface area contributed by atoms with Gasteiger partial charge in [0.1, 0.15) is 6.61 Å². The van der Waals surface area contributed by atoms with Gasteiger partial charge in [-0.1, -0.05) is 23.5 Å². The minimum atomic E-state index is -4.37. The lowest BCUT2D eigenvalue weighted by molar-refractivity contribution is -0.174. The van der Waals surface area contributed by atoms with Crippen molar-refractivity contribution in [1.82, 2.24) is 4.98 Å². The number of carbonyl (C=O) groups excluding carboxylic acids is 1. The second kappa shape index (κ2) is 6.19. The third kappa shape index (κ3) is 4.46. The van der Waals surface area contributed by atoms with Crippen molar-refractivity contribution in [2.45, 2.75) is 12.6 Å². The van der Waals surface area contributed by atoms with Crippen LogP contribution in [0, 0.1) is 0 Å². The van der Waals surface area contributed by atoms with Gasteiger partial charge in [-0.2, -0.15) is 13.2 Å². The number of fused-ring (bicyclic) bond motifs is 1. The lowest BCUT2D eigenvalue weighted by Crippen LogP contribution is -2.20. The molecule has 108 valence electrons. The molecular formula is C12H11F3N2O2S. The first-order chi connectivity index (χ1) is 9.44. The van der Waals surface area contributed by atoms with Gasteiger partial charge in [0.05, 0.1) is 23.2 Å². The second-order valence-electron chi connectivity index (χ2n) is 3.95. The maximum atomic E-state index is 11.8. The van der Waals surface area contributed by atoms with Crippen LogP contribution in [0.4, 0.5) is 18.3 Å². The fraction of sp³-hybridized carbons (Fsp3) is 0.333. The molecule has 0 aliphatic carbocycles. The first-order valence-corrected chi connectivity index (χ1v) is 6.55. The number of ether oxygens (including phenoxy) is 1. The summed E-state index contributed by atoms with van der Waals surface area (Å²) in [7, 11) is 0. The highest BCUT2D eigenvalue weighted by Crippen LogP contribution is 2.25. The van der Waals surface area contributed by atoms with Crippen LogP contribution in [0.1, 0.15) is 6.42 Å². The molecule has 0 radical (unpaired) electrons. The van der Waals surface area contributed by atoms with Gasteiger partial charge in [0.15, 0.2) is 5.13 Å². The van der Waals surface area contributed by atoms with Crippen LogP contribution in [0.3, 0.4) is 0 Å². The SMILES string of the molecule is O=C(CCOCC(F)(F)F)Nc1nc2ccccc2s1. The minimum absolute atomic E-state index is 0.147.